The Morgan fingerprint density at radius 3 is 2.96 bits per heavy atom. The summed E-state index contributed by atoms with van der Waals surface area (Å²) in [4.78, 5) is 31.0. The summed E-state index contributed by atoms with van der Waals surface area (Å²) in [6.45, 7) is 0.620. The molecule has 2 aromatic heterocycles. The Bertz CT molecular complexity index is 932. The van der Waals surface area contributed by atoms with Gasteiger partial charge in [-0.05, 0) is 6.07 Å². The lowest BCUT2D eigenvalue weighted by Gasteiger charge is -2.11. The SMILES string of the molecule is COCCn1c(SCC(=O)[O-])nc2c([nH]c3ccccc32)c1=O. The quantitative estimate of drug-likeness (QED) is 0.517. The summed E-state index contributed by atoms with van der Waals surface area (Å²) in [6.07, 6.45) is 0. The Kier molecular flexibility index (Phi) is 4.35. The van der Waals surface area contributed by atoms with E-state index in [2.05, 4.69) is 9.97 Å². The maximum atomic E-state index is 12.7. The first-order valence-corrected chi connectivity index (χ1v) is 7.93. The summed E-state index contributed by atoms with van der Waals surface area (Å²) in [7, 11) is 1.54. The van der Waals surface area contributed by atoms with Crippen LogP contribution in [0.15, 0.2) is 34.2 Å². The zero-order valence-corrected chi connectivity index (χ0v) is 13.2. The van der Waals surface area contributed by atoms with Crippen LogP contribution in [0.25, 0.3) is 21.9 Å². The first kappa shape index (κ1) is 15.6. The van der Waals surface area contributed by atoms with Gasteiger partial charge >= 0.3 is 0 Å². The van der Waals surface area contributed by atoms with Gasteiger partial charge in [-0.25, -0.2) is 4.98 Å². The van der Waals surface area contributed by atoms with Gasteiger partial charge in [0.2, 0.25) is 0 Å². The summed E-state index contributed by atoms with van der Waals surface area (Å²) in [5.41, 5.74) is 1.51. The van der Waals surface area contributed by atoms with Crippen molar-refractivity contribution >= 4 is 39.7 Å². The van der Waals surface area contributed by atoms with Crippen LogP contribution in [0.5, 0.6) is 0 Å². The summed E-state index contributed by atoms with van der Waals surface area (Å²) in [5, 5.41) is 11.9. The van der Waals surface area contributed by atoms with E-state index in [1.807, 2.05) is 24.3 Å². The van der Waals surface area contributed by atoms with Gasteiger partial charge in [0, 0.05) is 23.8 Å². The lowest BCUT2D eigenvalue weighted by Crippen LogP contribution is -2.28. The molecule has 0 aliphatic heterocycles. The zero-order chi connectivity index (χ0) is 16.4. The molecule has 0 aliphatic rings. The number of aromatic nitrogens is 3. The number of H-pyrrole nitrogens is 1. The molecule has 0 aliphatic carbocycles. The maximum Gasteiger partial charge on any atom is 0.278 e. The number of aromatic amines is 1. The van der Waals surface area contributed by atoms with Crippen LogP contribution < -0.4 is 10.7 Å². The first-order chi connectivity index (χ1) is 11.1. The largest absolute Gasteiger partial charge is 0.549 e. The molecule has 3 rings (SSSR count). The highest BCUT2D eigenvalue weighted by atomic mass is 32.2. The fourth-order valence-corrected chi connectivity index (χ4v) is 3.12. The molecular weight excluding hydrogens is 318 g/mol. The van der Waals surface area contributed by atoms with Crippen LogP contribution in [0.4, 0.5) is 0 Å². The van der Waals surface area contributed by atoms with E-state index >= 15 is 0 Å². The predicted molar refractivity (Wildman–Crippen MR) is 85.5 cm³/mol. The van der Waals surface area contributed by atoms with Gasteiger partial charge in [-0.3, -0.25) is 9.36 Å². The molecule has 0 saturated carbocycles. The van der Waals surface area contributed by atoms with Crippen molar-refractivity contribution in [2.45, 2.75) is 11.7 Å². The molecule has 8 heteroatoms. The van der Waals surface area contributed by atoms with Crippen molar-refractivity contribution in [3.8, 4) is 0 Å². The van der Waals surface area contributed by atoms with E-state index in [1.54, 1.807) is 0 Å². The molecule has 3 aromatic rings. The Balaban J connectivity index is 2.22. The number of hydrogen-bond donors (Lipinski definition) is 1. The second-order valence-electron chi connectivity index (χ2n) is 4.90. The molecule has 0 spiro atoms. The molecule has 0 amide bonds. The second-order valence-corrected chi connectivity index (χ2v) is 5.84. The summed E-state index contributed by atoms with van der Waals surface area (Å²) in [5.74, 6) is -1.48. The van der Waals surface area contributed by atoms with E-state index in [9.17, 15) is 14.7 Å². The van der Waals surface area contributed by atoms with Crippen LogP contribution in [-0.2, 0) is 16.1 Å². The number of para-hydroxylation sites is 1. The van der Waals surface area contributed by atoms with Gasteiger partial charge < -0.3 is 19.6 Å². The molecule has 0 unspecified atom stereocenters. The summed E-state index contributed by atoms with van der Waals surface area (Å²) < 4.78 is 6.44. The van der Waals surface area contributed by atoms with Crippen molar-refractivity contribution in [3.05, 3.63) is 34.6 Å². The number of nitrogens with zero attached hydrogens (tertiary/aromatic N) is 2. The molecule has 1 N–H and O–H groups in total. The Morgan fingerprint density at radius 2 is 2.22 bits per heavy atom. The number of carboxylic acid groups (broad SMARTS) is 1. The van der Waals surface area contributed by atoms with Crippen LogP contribution in [-0.4, -0.2) is 40.0 Å². The number of ether oxygens (including phenoxy) is 1. The number of methoxy groups -OCH3 is 1. The number of aliphatic carboxylic acids is 1. The minimum absolute atomic E-state index is 0.246. The first-order valence-electron chi connectivity index (χ1n) is 6.94. The van der Waals surface area contributed by atoms with E-state index in [-0.39, 0.29) is 11.3 Å². The molecule has 0 radical (unpaired) electrons. The summed E-state index contributed by atoms with van der Waals surface area (Å²) in [6, 6.07) is 7.46. The molecular formula is C15H14N3O4S-. The van der Waals surface area contributed by atoms with Gasteiger partial charge in [-0.2, -0.15) is 0 Å². The zero-order valence-electron chi connectivity index (χ0n) is 12.4. The van der Waals surface area contributed by atoms with Crippen LogP contribution in [0.3, 0.4) is 0 Å². The minimum atomic E-state index is -1.21. The van der Waals surface area contributed by atoms with E-state index in [1.165, 1.54) is 11.7 Å². The fourth-order valence-electron chi connectivity index (χ4n) is 2.39. The number of rotatable bonds is 6. The number of carboxylic acids is 1. The van der Waals surface area contributed by atoms with Gasteiger partial charge in [0.05, 0.1) is 19.1 Å². The number of carbonyl (C=O) groups excluding carboxylic acids is 1. The summed E-state index contributed by atoms with van der Waals surface area (Å²) >= 11 is 0.967. The van der Waals surface area contributed by atoms with Crippen molar-refractivity contribution in [1.82, 2.24) is 14.5 Å². The van der Waals surface area contributed by atoms with Crippen molar-refractivity contribution in [2.75, 3.05) is 19.5 Å². The Morgan fingerprint density at radius 1 is 1.43 bits per heavy atom. The normalized spacial score (nSPS) is 11.3. The van der Waals surface area contributed by atoms with Gasteiger partial charge in [0.15, 0.2) is 5.16 Å². The number of nitrogens with one attached hydrogen (secondary N) is 1. The molecule has 0 bridgehead atoms. The molecule has 2 heterocycles. The van der Waals surface area contributed by atoms with Gasteiger partial charge in [0.1, 0.15) is 11.0 Å². The van der Waals surface area contributed by atoms with Crippen molar-refractivity contribution in [3.63, 3.8) is 0 Å². The smallest absolute Gasteiger partial charge is 0.278 e. The van der Waals surface area contributed by atoms with E-state index in [4.69, 9.17) is 4.74 Å². The van der Waals surface area contributed by atoms with Crippen LogP contribution in [0.1, 0.15) is 0 Å². The lowest BCUT2D eigenvalue weighted by molar-refractivity contribution is -0.301. The van der Waals surface area contributed by atoms with E-state index in [0.717, 1.165) is 22.7 Å². The topological polar surface area (TPSA) is 100 Å². The Hall–Kier alpha value is -2.32. The molecule has 0 saturated heterocycles. The number of thioether (sulfide) groups is 1. The van der Waals surface area contributed by atoms with Gasteiger partial charge in [0.25, 0.3) is 5.56 Å². The minimum Gasteiger partial charge on any atom is -0.549 e. The maximum absolute atomic E-state index is 12.7. The highest BCUT2D eigenvalue weighted by molar-refractivity contribution is 7.99. The molecule has 1 aromatic carbocycles. The van der Waals surface area contributed by atoms with Crippen molar-refractivity contribution < 1.29 is 14.6 Å². The van der Waals surface area contributed by atoms with Crippen molar-refractivity contribution in [1.29, 1.82) is 0 Å². The monoisotopic (exact) mass is 332 g/mol. The van der Waals surface area contributed by atoms with Crippen LogP contribution in [0, 0.1) is 0 Å². The molecule has 0 fully saturated rings. The Labute approximate surface area is 135 Å². The van der Waals surface area contributed by atoms with Gasteiger partial charge in [-0.15, -0.1) is 0 Å². The van der Waals surface area contributed by atoms with Crippen molar-refractivity contribution in [2.24, 2.45) is 0 Å². The third kappa shape index (κ3) is 2.95. The molecule has 7 nitrogen and oxygen atoms in total. The van der Waals surface area contributed by atoms with Gasteiger partial charge in [-0.1, -0.05) is 30.0 Å². The lowest BCUT2D eigenvalue weighted by atomic mass is 10.2. The van der Waals surface area contributed by atoms with E-state index in [0.29, 0.717) is 29.3 Å². The van der Waals surface area contributed by atoms with Crippen LogP contribution >= 0.6 is 11.8 Å². The predicted octanol–water partition coefficient (Wildman–Crippen LogP) is 0.366. The number of fused-ring (bicyclic) bond motifs is 3. The molecule has 0 atom stereocenters. The number of carbonyl (C=O) groups is 1. The standard InChI is InChI=1S/C15H15N3O4S/c1-22-7-6-18-14(21)13-12(17-15(18)23-8-11(19)20)9-4-2-3-5-10(9)16-13/h2-5,16H,6-8H2,1H3,(H,19,20)/p-1. The van der Waals surface area contributed by atoms with E-state index < -0.39 is 5.97 Å². The highest BCUT2D eigenvalue weighted by Gasteiger charge is 2.15. The number of hydrogen-bond acceptors (Lipinski definition) is 6. The molecule has 120 valence electrons. The second kappa shape index (κ2) is 6.43. The average Bonchev–Trinajstić information content (AvgIpc) is 2.91. The third-order valence-corrected chi connectivity index (χ3v) is 4.36. The number of benzene rings is 1. The highest BCUT2D eigenvalue weighted by Crippen LogP contribution is 2.24. The van der Waals surface area contributed by atoms with Crippen LogP contribution in [0.2, 0.25) is 0 Å². The average molecular weight is 332 g/mol. The fraction of sp³-hybridized carbons (Fsp3) is 0.267. The third-order valence-electron chi connectivity index (χ3n) is 3.41. The molecule has 23 heavy (non-hydrogen) atoms.